The summed E-state index contributed by atoms with van der Waals surface area (Å²) in [4.78, 5) is 12.6. The van der Waals surface area contributed by atoms with Crippen molar-refractivity contribution in [2.24, 2.45) is 0 Å². The number of anilines is 1. The SMILES string of the molecule is COc1ccc(Cc2nnc(NC(=O)c3ccc(C4CCCCC4)cc3)s2)cc1. The maximum absolute atomic E-state index is 12.6. The summed E-state index contributed by atoms with van der Waals surface area (Å²) in [5.74, 6) is 1.32. The summed E-state index contributed by atoms with van der Waals surface area (Å²) in [6, 6.07) is 15.9. The van der Waals surface area contributed by atoms with E-state index in [-0.39, 0.29) is 5.91 Å². The van der Waals surface area contributed by atoms with E-state index in [2.05, 4.69) is 27.6 Å². The van der Waals surface area contributed by atoms with Gasteiger partial charge in [0.1, 0.15) is 10.8 Å². The molecule has 0 atom stereocenters. The van der Waals surface area contributed by atoms with Gasteiger partial charge in [0.15, 0.2) is 0 Å². The molecule has 1 aliphatic rings. The summed E-state index contributed by atoms with van der Waals surface area (Å²) in [5.41, 5.74) is 3.12. The Morgan fingerprint density at radius 2 is 1.76 bits per heavy atom. The highest BCUT2D eigenvalue weighted by molar-refractivity contribution is 7.15. The fourth-order valence-electron chi connectivity index (χ4n) is 3.81. The van der Waals surface area contributed by atoms with Crippen molar-refractivity contribution < 1.29 is 9.53 Å². The first kappa shape index (κ1) is 19.6. The number of amides is 1. The highest BCUT2D eigenvalue weighted by Gasteiger charge is 2.16. The van der Waals surface area contributed by atoms with Gasteiger partial charge in [-0.2, -0.15) is 0 Å². The molecule has 29 heavy (non-hydrogen) atoms. The maximum atomic E-state index is 12.6. The smallest absolute Gasteiger partial charge is 0.257 e. The Balaban J connectivity index is 1.35. The first-order valence-corrected chi connectivity index (χ1v) is 10.9. The minimum absolute atomic E-state index is 0.146. The summed E-state index contributed by atoms with van der Waals surface area (Å²) >= 11 is 1.40. The van der Waals surface area contributed by atoms with E-state index in [0.29, 0.717) is 23.0 Å². The van der Waals surface area contributed by atoms with Gasteiger partial charge in [-0.15, -0.1) is 10.2 Å². The quantitative estimate of drug-likeness (QED) is 0.591. The number of aromatic nitrogens is 2. The molecule has 2 aromatic carbocycles. The number of carbonyl (C=O) groups excluding carboxylic acids is 1. The molecule has 0 bridgehead atoms. The first-order chi connectivity index (χ1) is 14.2. The van der Waals surface area contributed by atoms with E-state index in [4.69, 9.17) is 4.74 Å². The van der Waals surface area contributed by atoms with Gasteiger partial charge in [-0.1, -0.05) is 54.9 Å². The number of rotatable bonds is 6. The molecule has 1 fully saturated rings. The lowest BCUT2D eigenvalue weighted by Crippen LogP contribution is -2.12. The number of nitrogens with zero attached hydrogens (tertiary/aromatic N) is 2. The van der Waals surface area contributed by atoms with Crippen LogP contribution in [0.5, 0.6) is 5.75 Å². The van der Waals surface area contributed by atoms with Crippen molar-refractivity contribution in [2.45, 2.75) is 44.4 Å². The summed E-state index contributed by atoms with van der Waals surface area (Å²) in [7, 11) is 1.65. The number of nitrogens with one attached hydrogen (secondary N) is 1. The zero-order valence-electron chi connectivity index (χ0n) is 16.6. The van der Waals surface area contributed by atoms with Crippen LogP contribution in [-0.2, 0) is 6.42 Å². The molecule has 1 aliphatic carbocycles. The predicted molar refractivity (Wildman–Crippen MR) is 116 cm³/mol. The third kappa shape index (κ3) is 5.01. The fraction of sp³-hybridized carbons (Fsp3) is 0.348. The van der Waals surface area contributed by atoms with Crippen molar-refractivity contribution in [3.63, 3.8) is 0 Å². The minimum Gasteiger partial charge on any atom is -0.497 e. The normalized spacial score (nSPS) is 14.5. The maximum Gasteiger partial charge on any atom is 0.257 e. The standard InChI is InChI=1S/C23H25N3O2S/c1-28-20-13-7-16(8-14-20)15-21-25-26-23(29-21)24-22(27)19-11-9-18(10-12-19)17-5-3-2-4-6-17/h7-14,17H,2-6,15H2,1H3,(H,24,26,27). The van der Waals surface area contributed by atoms with Crippen molar-refractivity contribution in [2.75, 3.05) is 12.4 Å². The molecule has 1 amide bonds. The Hall–Kier alpha value is -2.73. The molecule has 4 rings (SSSR count). The van der Waals surface area contributed by atoms with Crippen LogP contribution in [0.2, 0.25) is 0 Å². The van der Waals surface area contributed by atoms with Gasteiger partial charge < -0.3 is 4.74 Å². The van der Waals surface area contributed by atoms with Gasteiger partial charge in [0.2, 0.25) is 5.13 Å². The minimum atomic E-state index is -0.146. The van der Waals surface area contributed by atoms with Crippen molar-refractivity contribution in [3.05, 3.63) is 70.2 Å². The molecule has 1 heterocycles. The molecule has 1 saturated carbocycles. The molecule has 1 aromatic heterocycles. The monoisotopic (exact) mass is 407 g/mol. The zero-order valence-corrected chi connectivity index (χ0v) is 17.4. The lowest BCUT2D eigenvalue weighted by atomic mass is 9.84. The highest BCUT2D eigenvalue weighted by Crippen LogP contribution is 2.32. The molecule has 1 N–H and O–H groups in total. The summed E-state index contributed by atoms with van der Waals surface area (Å²) < 4.78 is 5.18. The average molecular weight is 408 g/mol. The zero-order chi connectivity index (χ0) is 20.1. The van der Waals surface area contributed by atoms with Gasteiger partial charge in [-0.25, -0.2) is 0 Å². The molecule has 150 valence electrons. The summed E-state index contributed by atoms with van der Waals surface area (Å²) in [5, 5.41) is 12.6. The van der Waals surface area contributed by atoms with Crippen LogP contribution >= 0.6 is 11.3 Å². The predicted octanol–water partition coefficient (Wildman–Crippen LogP) is 5.44. The second-order valence-corrected chi connectivity index (χ2v) is 8.50. The van der Waals surface area contributed by atoms with Crippen LogP contribution in [0.15, 0.2) is 48.5 Å². The van der Waals surface area contributed by atoms with Crippen molar-refractivity contribution in [1.82, 2.24) is 10.2 Å². The van der Waals surface area contributed by atoms with Crippen LogP contribution in [0.3, 0.4) is 0 Å². The molecule has 5 nitrogen and oxygen atoms in total. The molecule has 6 heteroatoms. The van der Waals surface area contributed by atoms with Crippen molar-refractivity contribution in [1.29, 1.82) is 0 Å². The Bertz CT molecular complexity index is 945. The Labute approximate surface area is 175 Å². The highest BCUT2D eigenvalue weighted by atomic mass is 32.1. The van der Waals surface area contributed by atoms with E-state index in [1.165, 1.54) is 49.0 Å². The van der Waals surface area contributed by atoms with Crippen molar-refractivity contribution in [3.8, 4) is 5.75 Å². The topological polar surface area (TPSA) is 64.1 Å². The molecule has 0 radical (unpaired) electrons. The molecule has 0 unspecified atom stereocenters. The van der Waals surface area contributed by atoms with Crippen LogP contribution in [0.1, 0.15) is 64.5 Å². The Kier molecular flexibility index (Phi) is 6.20. The van der Waals surface area contributed by atoms with E-state index >= 15 is 0 Å². The largest absolute Gasteiger partial charge is 0.497 e. The molecular formula is C23H25N3O2S. The van der Waals surface area contributed by atoms with E-state index < -0.39 is 0 Å². The van der Waals surface area contributed by atoms with Crippen LogP contribution in [0.4, 0.5) is 5.13 Å². The van der Waals surface area contributed by atoms with Crippen LogP contribution in [0.25, 0.3) is 0 Å². The third-order valence-electron chi connectivity index (χ3n) is 5.45. The number of hydrogen-bond acceptors (Lipinski definition) is 5. The number of benzene rings is 2. The van der Waals surface area contributed by atoms with Gasteiger partial charge in [0, 0.05) is 12.0 Å². The number of ether oxygens (including phenoxy) is 1. The Morgan fingerprint density at radius 3 is 2.45 bits per heavy atom. The van der Waals surface area contributed by atoms with Gasteiger partial charge in [-0.05, 0) is 54.2 Å². The fourth-order valence-corrected chi connectivity index (χ4v) is 4.57. The van der Waals surface area contributed by atoms with Crippen molar-refractivity contribution >= 4 is 22.4 Å². The van der Waals surface area contributed by atoms with Crippen LogP contribution in [0, 0.1) is 0 Å². The summed E-state index contributed by atoms with van der Waals surface area (Å²) in [6.45, 7) is 0. The third-order valence-corrected chi connectivity index (χ3v) is 6.29. The number of methoxy groups -OCH3 is 1. The lowest BCUT2D eigenvalue weighted by molar-refractivity contribution is 0.102. The van der Waals surface area contributed by atoms with E-state index in [0.717, 1.165) is 16.3 Å². The first-order valence-electron chi connectivity index (χ1n) is 10.1. The Morgan fingerprint density at radius 1 is 1.03 bits per heavy atom. The van der Waals surface area contributed by atoms with Gasteiger partial charge in [0.25, 0.3) is 5.91 Å². The number of hydrogen-bond donors (Lipinski definition) is 1. The van der Waals surface area contributed by atoms with E-state index in [1.54, 1.807) is 7.11 Å². The van der Waals surface area contributed by atoms with Gasteiger partial charge in [0.05, 0.1) is 7.11 Å². The number of carbonyl (C=O) groups is 1. The van der Waals surface area contributed by atoms with Crippen LogP contribution in [-0.4, -0.2) is 23.2 Å². The molecule has 3 aromatic rings. The average Bonchev–Trinajstić information content (AvgIpc) is 3.21. The molecule has 0 spiro atoms. The van der Waals surface area contributed by atoms with Gasteiger partial charge in [-0.3, -0.25) is 10.1 Å². The summed E-state index contributed by atoms with van der Waals surface area (Å²) in [6.07, 6.45) is 7.15. The van der Waals surface area contributed by atoms with E-state index in [9.17, 15) is 4.79 Å². The second-order valence-electron chi connectivity index (χ2n) is 7.44. The molecular weight excluding hydrogens is 382 g/mol. The molecule has 0 saturated heterocycles. The van der Waals surface area contributed by atoms with Crippen LogP contribution < -0.4 is 10.1 Å². The van der Waals surface area contributed by atoms with E-state index in [1.807, 2.05) is 36.4 Å². The lowest BCUT2D eigenvalue weighted by Gasteiger charge is -2.22. The second kappa shape index (κ2) is 9.18. The van der Waals surface area contributed by atoms with Gasteiger partial charge >= 0.3 is 0 Å². The molecule has 0 aliphatic heterocycles.